The first kappa shape index (κ1) is 24.6. The molecule has 1 aliphatic carbocycles. The average molecular weight is 496 g/mol. The number of sulfonamides is 1. The lowest BCUT2D eigenvalue weighted by molar-refractivity contribution is -0.118. The molecule has 3 aromatic rings. The predicted octanol–water partition coefficient (Wildman–Crippen LogP) is 3.64. The molecule has 1 aliphatic rings. The summed E-state index contributed by atoms with van der Waals surface area (Å²) in [7, 11) is -3.62. The zero-order valence-electron chi connectivity index (χ0n) is 18.9. The van der Waals surface area contributed by atoms with Gasteiger partial charge in [0.2, 0.25) is 15.9 Å². The number of carbonyl (C=O) groups excluding carboxylic acids is 2. The minimum atomic E-state index is -3.62. The van der Waals surface area contributed by atoms with Crippen molar-refractivity contribution in [2.45, 2.75) is 42.7 Å². The van der Waals surface area contributed by atoms with Crippen molar-refractivity contribution in [2.24, 2.45) is 0 Å². The van der Waals surface area contributed by atoms with Gasteiger partial charge in [0.05, 0.1) is 4.90 Å². The van der Waals surface area contributed by atoms with Crippen LogP contribution in [-0.4, -0.2) is 32.3 Å². The number of carbonyl (C=O) groups is 2. The summed E-state index contributed by atoms with van der Waals surface area (Å²) in [5.74, 6) is -1.44. The molecule has 0 heterocycles. The van der Waals surface area contributed by atoms with E-state index in [4.69, 9.17) is 0 Å². The molecule has 35 heavy (non-hydrogen) atoms. The lowest BCUT2D eigenvalue weighted by Crippen LogP contribution is -2.45. The van der Waals surface area contributed by atoms with Crippen LogP contribution in [0.4, 0.5) is 10.1 Å². The van der Waals surface area contributed by atoms with Crippen molar-refractivity contribution in [1.29, 1.82) is 0 Å². The van der Waals surface area contributed by atoms with Crippen molar-refractivity contribution in [1.82, 2.24) is 10.0 Å². The smallest absolute Gasteiger partial charge is 0.251 e. The number of hydrogen-bond acceptors (Lipinski definition) is 4. The molecule has 9 heteroatoms. The van der Waals surface area contributed by atoms with Crippen LogP contribution in [0.1, 0.15) is 35.2 Å². The molecule has 0 spiro atoms. The van der Waals surface area contributed by atoms with Gasteiger partial charge in [-0.05, 0) is 66.9 Å². The van der Waals surface area contributed by atoms with Gasteiger partial charge in [-0.15, -0.1) is 0 Å². The Balaban J connectivity index is 1.47. The summed E-state index contributed by atoms with van der Waals surface area (Å²) < 4.78 is 40.9. The molecule has 4 rings (SSSR count). The fraction of sp³-hybridized carbons (Fsp3) is 0.231. The zero-order valence-corrected chi connectivity index (χ0v) is 19.7. The van der Waals surface area contributed by atoms with Crippen molar-refractivity contribution in [3.63, 3.8) is 0 Å². The molecule has 0 aliphatic heterocycles. The molecule has 0 aromatic heterocycles. The number of anilines is 1. The summed E-state index contributed by atoms with van der Waals surface area (Å²) in [5, 5.41) is 5.45. The summed E-state index contributed by atoms with van der Waals surface area (Å²) in [5.41, 5.74) is 1.47. The van der Waals surface area contributed by atoms with E-state index >= 15 is 0 Å². The third kappa shape index (κ3) is 6.52. The van der Waals surface area contributed by atoms with E-state index in [1.807, 2.05) is 30.3 Å². The Bertz CT molecular complexity index is 1280. The molecule has 7 nitrogen and oxygen atoms in total. The van der Waals surface area contributed by atoms with Gasteiger partial charge >= 0.3 is 0 Å². The second-order valence-electron chi connectivity index (χ2n) is 8.49. The summed E-state index contributed by atoms with van der Waals surface area (Å²) in [4.78, 5) is 25.9. The van der Waals surface area contributed by atoms with Crippen molar-refractivity contribution >= 4 is 27.5 Å². The number of benzene rings is 3. The van der Waals surface area contributed by atoms with E-state index in [0.29, 0.717) is 5.69 Å². The van der Waals surface area contributed by atoms with Gasteiger partial charge in [-0.3, -0.25) is 9.59 Å². The number of halogens is 1. The number of hydrogen-bond donors (Lipinski definition) is 3. The van der Waals surface area contributed by atoms with Crippen LogP contribution in [0.3, 0.4) is 0 Å². The molecule has 2 amide bonds. The van der Waals surface area contributed by atoms with Crippen molar-refractivity contribution < 1.29 is 22.4 Å². The van der Waals surface area contributed by atoms with Gasteiger partial charge < -0.3 is 10.6 Å². The Morgan fingerprint density at radius 2 is 1.57 bits per heavy atom. The Labute approximate surface area is 203 Å². The molecule has 0 radical (unpaired) electrons. The van der Waals surface area contributed by atoms with Gasteiger partial charge in [0, 0.05) is 23.7 Å². The summed E-state index contributed by atoms with van der Waals surface area (Å²) >= 11 is 0. The van der Waals surface area contributed by atoms with E-state index in [2.05, 4.69) is 15.4 Å². The zero-order chi connectivity index (χ0) is 24.8. The lowest BCUT2D eigenvalue weighted by atomic mass is 9.94. The Morgan fingerprint density at radius 1 is 0.914 bits per heavy atom. The highest BCUT2D eigenvalue weighted by molar-refractivity contribution is 7.89. The highest BCUT2D eigenvalue weighted by atomic mass is 32.2. The number of rotatable bonds is 9. The van der Waals surface area contributed by atoms with Gasteiger partial charge in [0.1, 0.15) is 11.9 Å². The summed E-state index contributed by atoms with van der Waals surface area (Å²) in [6.07, 6.45) is 2.91. The van der Waals surface area contributed by atoms with Crippen molar-refractivity contribution in [3.05, 3.63) is 95.8 Å². The second kappa shape index (κ2) is 10.8. The van der Waals surface area contributed by atoms with Gasteiger partial charge in [-0.2, -0.15) is 0 Å². The quantitative estimate of drug-likeness (QED) is 0.422. The van der Waals surface area contributed by atoms with Crippen LogP contribution in [0.2, 0.25) is 0 Å². The van der Waals surface area contributed by atoms with Crippen molar-refractivity contribution in [2.75, 3.05) is 5.32 Å². The summed E-state index contributed by atoms with van der Waals surface area (Å²) in [6.45, 7) is 0. The molecule has 0 saturated heterocycles. The van der Waals surface area contributed by atoms with E-state index < -0.39 is 33.7 Å². The monoisotopic (exact) mass is 495 g/mol. The Kier molecular flexibility index (Phi) is 7.57. The minimum absolute atomic E-state index is 0.0251. The number of nitrogens with one attached hydrogen (secondary N) is 3. The third-order valence-corrected chi connectivity index (χ3v) is 7.41. The topological polar surface area (TPSA) is 104 Å². The first-order valence-corrected chi connectivity index (χ1v) is 12.8. The molecule has 1 fully saturated rings. The maximum atomic E-state index is 13.2. The molecule has 1 unspecified atom stereocenters. The van der Waals surface area contributed by atoms with E-state index in [-0.39, 0.29) is 22.9 Å². The van der Waals surface area contributed by atoms with Gasteiger partial charge in [0.25, 0.3) is 5.91 Å². The first-order chi connectivity index (χ1) is 16.8. The Hall–Kier alpha value is -3.56. The van der Waals surface area contributed by atoms with Crippen LogP contribution < -0.4 is 15.4 Å². The van der Waals surface area contributed by atoms with Crippen LogP contribution >= 0.6 is 0 Å². The largest absolute Gasteiger partial charge is 0.340 e. The van der Waals surface area contributed by atoms with E-state index in [0.717, 1.165) is 24.8 Å². The van der Waals surface area contributed by atoms with E-state index in [1.54, 1.807) is 0 Å². The van der Waals surface area contributed by atoms with Crippen LogP contribution in [-0.2, 0) is 21.2 Å². The highest BCUT2D eigenvalue weighted by Crippen LogP contribution is 2.22. The van der Waals surface area contributed by atoms with E-state index in [1.165, 1.54) is 48.5 Å². The Morgan fingerprint density at radius 3 is 2.17 bits per heavy atom. The molecule has 1 atom stereocenters. The lowest BCUT2D eigenvalue weighted by Gasteiger charge is -2.26. The van der Waals surface area contributed by atoms with Crippen LogP contribution in [0.25, 0.3) is 0 Å². The van der Waals surface area contributed by atoms with Gasteiger partial charge in [-0.1, -0.05) is 36.8 Å². The normalized spacial score (nSPS) is 14.5. The standard InChI is InChI=1S/C26H26FN3O4S/c27-20-11-9-19(10-12-20)25(31)29-24(17-18-5-2-1-3-6-18)26(32)28-21-13-15-23(16-14-21)35(33,34)30-22-7-4-8-22/h1-3,5-6,9-16,22,24,30H,4,7-8,17H2,(H,28,32)(H,29,31). The number of amides is 2. The second-order valence-corrected chi connectivity index (χ2v) is 10.2. The molecule has 0 bridgehead atoms. The maximum Gasteiger partial charge on any atom is 0.251 e. The van der Waals surface area contributed by atoms with Crippen molar-refractivity contribution in [3.8, 4) is 0 Å². The highest BCUT2D eigenvalue weighted by Gasteiger charge is 2.25. The molecular formula is C26H26FN3O4S. The minimum Gasteiger partial charge on any atom is -0.340 e. The van der Waals surface area contributed by atoms with Crippen LogP contribution in [0, 0.1) is 5.82 Å². The van der Waals surface area contributed by atoms with Gasteiger partial charge in [-0.25, -0.2) is 17.5 Å². The first-order valence-electron chi connectivity index (χ1n) is 11.3. The molecule has 3 aromatic carbocycles. The van der Waals surface area contributed by atoms with E-state index in [9.17, 15) is 22.4 Å². The SMILES string of the molecule is O=C(NC(Cc1ccccc1)C(=O)Nc1ccc(S(=O)(=O)NC2CCC2)cc1)c1ccc(F)cc1. The van der Waals surface area contributed by atoms with Crippen LogP contribution in [0.5, 0.6) is 0 Å². The molecular weight excluding hydrogens is 469 g/mol. The third-order valence-electron chi connectivity index (χ3n) is 5.87. The molecule has 3 N–H and O–H groups in total. The van der Waals surface area contributed by atoms with Gasteiger partial charge in [0.15, 0.2) is 0 Å². The maximum absolute atomic E-state index is 13.2. The molecule has 1 saturated carbocycles. The van der Waals surface area contributed by atoms with Crippen LogP contribution in [0.15, 0.2) is 83.8 Å². The average Bonchev–Trinajstić information content (AvgIpc) is 2.82. The fourth-order valence-corrected chi connectivity index (χ4v) is 4.97. The summed E-state index contributed by atoms with van der Waals surface area (Å²) in [6, 6.07) is 19.2. The predicted molar refractivity (Wildman–Crippen MR) is 131 cm³/mol. The molecule has 182 valence electrons. The fourth-order valence-electron chi connectivity index (χ4n) is 3.66.